The van der Waals surface area contributed by atoms with Gasteiger partial charge in [-0.05, 0) is 125 Å². The second kappa shape index (κ2) is 9.64. The predicted octanol–water partition coefficient (Wildman–Crippen LogP) is 11.3. The molecule has 0 amide bonds. The number of fused-ring (bicyclic) bond motifs is 5. The van der Waals surface area contributed by atoms with E-state index in [1.54, 1.807) is 7.11 Å². The zero-order chi connectivity index (χ0) is 29.2. The smallest absolute Gasteiger partial charge is 0.119 e. The zero-order valence-electron chi connectivity index (χ0n) is 24.8. The minimum Gasteiger partial charge on any atom is -0.497 e. The lowest BCUT2D eigenvalue weighted by Gasteiger charge is -2.41. The minimum atomic E-state index is 0.868. The van der Waals surface area contributed by atoms with Crippen LogP contribution in [-0.2, 0) is 0 Å². The molecule has 0 bridgehead atoms. The summed E-state index contributed by atoms with van der Waals surface area (Å²) in [6.07, 6.45) is 0. The van der Waals surface area contributed by atoms with E-state index < -0.39 is 0 Å². The van der Waals surface area contributed by atoms with Crippen molar-refractivity contribution in [2.45, 2.75) is 20.8 Å². The molecule has 0 atom stereocenters. The number of hydrogen-bond acceptors (Lipinski definition) is 3. The highest BCUT2D eigenvalue weighted by molar-refractivity contribution is 6.07. The molecule has 3 nitrogen and oxygen atoms in total. The molecule has 8 rings (SSSR count). The second-order valence-electron chi connectivity index (χ2n) is 11.7. The normalized spacial score (nSPS) is 12.6. The summed E-state index contributed by atoms with van der Waals surface area (Å²) in [7, 11) is 1.72. The number of ether oxygens (including phenoxy) is 1. The lowest BCUT2D eigenvalue weighted by atomic mass is 9.97. The molecule has 1 heterocycles. The molecule has 1 aliphatic rings. The lowest BCUT2D eigenvalue weighted by Crippen LogP contribution is -2.24. The number of anilines is 6. The maximum absolute atomic E-state index is 5.50. The van der Waals surface area contributed by atoms with Crippen LogP contribution in [0.3, 0.4) is 0 Å². The first-order valence-electron chi connectivity index (χ1n) is 14.8. The van der Waals surface area contributed by atoms with E-state index >= 15 is 0 Å². The van der Waals surface area contributed by atoms with Crippen molar-refractivity contribution in [1.82, 2.24) is 0 Å². The quantitative estimate of drug-likeness (QED) is 0.215. The molecule has 43 heavy (non-hydrogen) atoms. The van der Waals surface area contributed by atoms with Gasteiger partial charge in [0, 0.05) is 11.4 Å². The van der Waals surface area contributed by atoms with Crippen molar-refractivity contribution in [2.24, 2.45) is 0 Å². The van der Waals surface area contributed by atoms with Gasteiger partial charge < -0.3 is 14.5 Å². The van der Waals surface area contributed by atoms with Crippen LogP contribution in [-0.4, -0.2) is 7.11 Å². The summed E-state index contributed by atoms with van der Waals surface area (Å²) in [6.45, 7) is 6.57. The van der Waals surface area contributed by atoms with Crippen molar-refractivity contribution >= 4 is 66.4 Å². The molecule has 3 heteroatoms. The van der Waals surface area contributed by atoms with Crippen LogP contribution in [0.4, 0.5) is 34.1 Å². The number of rotatable bonds is 3. The predicted molar refractivity (Wildman–Crippen MR) is 183 cm³/mol. The first-order chi connectivity index (χ1) is 21.0. The monoisotopic (exact) mass is 556 g/mol. The molecule has 0 aliphatic carbocycles. The summed E-state index contributed by atoms with van der Waals surface area (Å²) in [5, 5.41) is 7.28. The van der Waals surface area contributed by atoms with E-state index in [9.17, 15) is 0 Å². The van der Waals surface area contributed by atoms with Gasteiger partial charge in [-0.15, -0.1) is 0 Å². The van der Waals surface area contributed by atoms with Crippen molar-refractivity contribution in [1.29, 1.82) is 0 Å². The van der Waals surface area contributed by atoms with Gasteiger partial charge in [-0.1, -0.05) is 66.2 Å². The fourth-order valence-electron chi connectivity index (χ4n) is 6.50. The van der Waals surface area contributed by atoms with Gasteiger partial charge in [-0.2, -0.15) is 0 Å². The van der Waals surface area contributed by atoms with Crippen molar-refractivity contribution in [2.75, 3.05) is 16.9 Å². The number of nitrogens with zero attached hydrogens (tertiary/aromatic N) is 2. The number of aryl methyl sites for hydroxylation is 3. The Morgan fingerprint density at radius 3 is 1.42 bits per heavy atom. The molecule has 208 valence electrons. The highest BCUT2D eigenvalue weighted by Crippen LogP contribution is 2.56. The van der Waals surface area contributed by atoms with Crippen LogP contribution in [0.2, 0.25) is 0 Å². The first kappa shape index (κ1) is 25.4. The lowest BCUT2D eigenvalue weighted by molar-refractivity contribution is 0.415. The number of benzene rings is 7. The second-order valence-corrected chi connectivity index (χ2v) is 11.7. The van der Waals surface area contributed by atoms with E-state index in [1.165, 1.54) is 55.0 Å². The maximum Gasteiger partial charge on any atom is 0.119 e. The molecule has 0 aromatic heterocycles. The van der Waals surface area contributed by atoms with E-state index in [0.29, 0.717) is 0 Å². The zero-order valence-corrected chi connectivity index (χ0v) is 24.8. The average molecular weight is 557 g/mol. The van der Waals surface area contributed by atoms with Gasteiger partial charge in [0.25, 0.3) is 0 Å². The van der Waals surface area contributed by atoms with Crippen LogP contribution in [0.15, 0.2) is 121 Å². The molecule has 0 saturated heterocycles. The highest BCUT2D eigenvalue weighted by Gasteiger charge is 2.32. The Labute approximate surface area is 252 Å². The Morgan fingerprint density at radius 1 is 0.419 bits per heavy atom. The van der Waals surface area contributed by atoms with Crippen molar-refractivity contribution < 1.29 is 4.74 Å². The summed E-state index contributed by atoms with van der Waals surface area (Å²) in [6, 6.07) is 44.6. The van der Waals surface area contributed by atoms with Gasteiger partial charge in [-0.25, -0.2) is 0 Å². The summed E-state index contributed by atoms with van der Waals surface area (Å²) >= 11 is 0. The summed E-state index contributed by atoms with van der Waals surface area (Å²) in [5.41, 5.74) is 10.8. The minimum absolute atomic E-state index is 0.868. The Kier molecular flexibility index (Phi) is 5.70. The van der Waals surface area contributed by atoms with Gasteiger partial charge in [0.05, 0.1) is 29.9 Å². The summed E-state index contributed by atoms with van der Waals surface area (Å²) < 4.78 is 5.50. The molecule has 0 saturated carbocycles. The van der Waals surface area contributed by atoms with Crippen LogP contribution < -0.4 is 14.5 Å². The highest BCUT2D eigenvalue weighted by atomic mass is 16.5. The Hall–Kier alpha value is -5.28. The van der Waals surface area contributed by atoms with Crippen LogP contribution in [0.25, 0.3) is 32.3 Å². The largest absolute Gasteiger partial charge is 0.497 e. The standard InChI is InChI=1S/C40H32N2O/c1-25-9-10-31-20-34(14-11-30(31)17-25)41-37-18-26(2)27(3)19-38(37)42(40-24-29-8-6-5-7-28(29)23-39(40)41)35-15-12-33-22-36(43-4)16-13-32(33)21-35/h5-24H,1-4H3. The molecule has 1 aliphatic heterocycles. The first-order valence-corrected chi connectivity index (χ1v) is 14.8. The Morgan fingerprint density at radius 2 is 0.860 bits per heavy atom. The summed E-state index contributed by atoms with van der Waals surface area (Å²) in [5.74, 6) is 0.868. The molecule has 0 unspecified atom stereocenters. The van der Waals surface area contributed by atoms with Crippen molar-refractivity contribution in [3.63, 3.8) is 0 Å². The number of hydrogen-bond donors (Lipinski definition) is 0. The van der Waals surface area contributed by atoms with E-state index in [1.807, 2.05) is 6.07 Å². The van der Waals surface area contributed by atoms with E-state index in [2.05, 4.69) is 146 Å². The third-order valence-corrected chi connectivity index (χ3v) is 8.92. The van der Waals surface area contributed by atoms with Crippen LogP contribution in [0.1, 0.15) is 16.7 Å². The molecule has 7 aromatic carbocycles. The molecule has 0 fully saturated rings. The molecule has 0 radical (unpaired) electrons. The van der Waals surface area contributed by atoms with E-state index in [0.717, 1.165) is 33.9 Å². The van der Waals surface area contributed by atoms with E-state index in [-0.39, 0.29) is 0 Å². The van der Waals surface area contributed by atoms with Gasteiger partial charge in [0.15, 0.2) is 0 Å². The van der Waals surface area contributed by atoms with Crippen molar-refractivity contribution in [3.05, 3.63) is 138 Å². The maximum atomic E-state index is 5.50. The van der Waals surface area contributed by atoms with Gasteiger partial charge in [0.1, 0.15) is 5.75 Å². The average Bonchev–Trinajstić information content (AvgIpc) is 3.03. The van der Waals surface area contributed by atoms with Gasteiger partial charge in [0.2, 0.25) is 0 Å². The molecule has 0 spiro atoms. The van der Waals surface area contributed by atoms with Gasteiger partial charge >= 0.3 is 0 Å². The Bertz CT molecular complexity index is 2230. The molecular formula is C40H32N2O. The third kappa shape index (κ3) is 4.11. The third-order valence-electron chi connectivity index (χ3n) is 8.92. The van der Waals surface area contributed by atoms with Crippen LogP contribution in [0.5, 0.6) is 5.75 Å². The summed E-state index contributed by atoms with van der Waals surface area (Å²) in [4.78, 5) is 4.89. The molecule has 7 aromatic rings. The van der Waals surface area contributed by atoms with Gasteiger partial charge in [-0.3, -0.25) is 0 Å². The van der Waals surface area contributed by atoms with Crippen LogP contribution >= 0.6 is 0 Å². The SMILES string of the molecule is COc1ccc2cc(N3c4cc(C)c(C)cc4N(c4ccc5cc(C)ccc5c4)c4cc5ccccc5cc43)ccc2c1. The van der Waals surface area contributed by atoms with Crippen LogP contribution in [0, 0.1) is 20.8 Å². The fraction of sp³-hybridized carbons (Fsp3) is 0.100. The number of methoxy groups -OCH3 is 1. The van der Waals surface area contributed by atoms with Crippen molar-refractivity contribution in [3.8, 4) is 5.75 Å². The topological polar surface area (TPSA) is 15.7 Å². The molecule has 0 N–H and O–H groups in total. The molecular weight excluding hydrogens is 524 g/mol. The Balaban J connectivity index is 1.42. The fourth-order valence-corrected chi connectivity index (χ4v) is 6.50. The van der Waals surface area contributed by atoms with E-state index in [4.69, 9.17) is 4.74 Å².